The van der Waals surface area contributed by atoms with E-state index in [9.17, 15) is 19.1 Å². The highest BCUT2D eigenvalue weighted by molar-refractivity contribution is 6.14. The van der Waals surface area contributed by atoms with Gasteiger partial charge >= 0.3 is 0 Å². The summed E-state index contributed by atoms with van der Waals surface area (Å²) < 4.78 is 19.8. The first-order chi connectivity index (χ1) is 14.5. The highest BCUT2D eigenvalue weighted by atomic mass is 19.1. The minimum atomic E-state index is -1.08. The van der Waals surface area contributed by atoms with Crippen LogP contribution < -0.4 is 0 Å². The van der Waals surface area contributed by atoms with E-state index in [0.29, 0.717) is 0 Å². The van der Waals surface area contributed by atoms with E-state index in [1.54, 1.807) is 24.3 Å². The molecule has 1 amide bonds. The third kappa shape index (κ3) is 4.64. The number of halogens is 1. The number of nitrogens with zero attached hydrogens (tertiary/aromatic N) is 1. The summed E-state index contributed by atoms with van der Waals surface area (Å²) in [6.07, 6.45) is 2.83. The fourth-order valence-corrected chi connectivity index (χ4v) is 3.31. The standard InChI is InChI=1S/C23H22FNO5/c24-18-9-5-4-8-17(18)21-20(19(27)11-10-16-6-2-1-3-7-16)22(28)23(29)25(21)12-14-30-15-13-26/h1-11,21,26,28H,12-15H2. The highest BCUT2D eigenvalue weighted by Crippen LogP contribution is 2.38. The summed E-state index contributed by atoms with van der Waals surface area (Å²) in [5, 5.41) is 19.3. The molecule has 1 aliphatic rings. The van der Waals surface area contributed by atoms with E-state index >= 15 is 0 Å². The average Bonchev–Trinajstić information content (AvgIpc) is 3.01. The van der Waals surface area contributed by atoms with E-state index in [2.05, 4.69) is 0 Å². The van der Waals surface area contributed by atoms with E-state index in [1.807, 2.05) is 18.2 Å². The summed E-state index contributed by atoms with van der Waals surface area (Å²) in [5.74, 6) is -2.65. The minimum absolute atomic E-state index is 0.0150. The van der Waals surface area contributed by atoms with Gasteiger partial charge in [0.25, 0.3) is 5.91 Å². The Kier molecular flexibility index (Phi) is 7.11. The first-order valence-corrected chi connectivity index (χ1v) is 9.49. The van der Waals surface area contributed by atoms with Crippen LogP contribution in [-0.4, -0.2) is 53.2 Å². The fraction of sp³-hybridized carbons (Fsp3) is 0.217. The summed E-state index contributed by atoms with van der Waals surface area (Å²) in [6.45, 7) is -0.0213. The average molecular weight is 411 g/mol. The SMILES string of the molecule is O=C(C=Cc1ccccc1)C1=C(O)C(=O)N(CCOCCO)C1c1ccccc1F. The van der Waals surface area contributed by atoms with Crippen molar-refractivity contribution in [1.29, 1.82) is 0 Å². The number of aliphatic hydroxyl groups is 2. The Labute approximate surface area is 173 Å². The molecule has 2 aromatic rings. The Morgan fingerprint density at radius 1 is 1.10 bits per heavy atom. The second-order valence-electron chi connectivity index (χ2n) is 6.63. The molecule has 6 nitrogen and oxygen atoms in total. The quantitative estimate of drug-likeness (QED) is 0.490. The van der Waals surface area contributed by atoms with Crippen LogP contribution >= 0.6 is 0 Å². The highest BCUT2D eigenvalue weighted by Gasteiger charge is 2.43. The van der Waals surface area contributed by atoms with Crippen molar-refractivity contribution in [3.63, 3.8) is 0 Å². The molecule has 0 radical (unpaired) electrons. The van der Waals surface area contributed by atoms with Gasteiger partial charge < -0.3 is 19.8 Å². The van der Waals surface area contributed by atoms with Crippen LogP contribution in [0.1, 0.15) is 17.2 Å². The van der Waals surface area contributed by atoms with Gasteiger partial charge in [0.05, 0.1) is 31.4 Å². The molecular formula is C23H22FNO5. The van der Waals surface area contributed by atoms with Crippen molar-refractivity contribution in [1.82, 2.24) is 4.90 Å². The zero-order valence-corrected chi connectivity index (χ0v) is 16.2. The number of ketones is 1. The van der Waals surface area contributed by atoms with Crippen molar-refractivity contribution in [3.8, 4) is 0 Å². The fourth-order valence-electron chi connectivity index (χ4n) is 3.31. The number of hydrogen-bond donors (Lipinski definition) is 2. The first-order valence-electron chi connectivity index (χ1n) is 9.49. The maximum atomic E-state index is 14.6. The summed E-state index contributed by atoms with van der Waals surface area (Å²) in [7, 11) is 0. The van der Waals surface area contributed by atoms with Crippen LogP contribution in [0.3, 0.4) is 0 Å². The molecule has 3 rings (SSSR count). The molecule has 0 saturated carbocycles. The molecule has 0 bridgehead atoms. The maximum absolute atomic E-state index is 14.6. The molecule has 1 atom stereocenters. The molecule has 1 unspecified atom stereocenters. The molecule has 7 heteroatoms. The van der Waals surface area contributed by atoms with E-state index in [-0.39, 0.29) is 37.5 Å². The van der Waals surface area contributed by atoms with E-state index in [4.69, 9.17) is 9.84 Å². The van der Waals surface area contributed by atoms with Crippen LogP contribution in [0.2, 0.25) is 0 Å². The normalized spacial score (nSPS) is 16.7. The van der Waals surface area contributed by atoms with Crippen molar-refractivity contribution in [3.05, 3.63) is 88.9 Å². The molecule has 0 aliphatic carbocycles. The van der Waals surface area contributed by atoms with Crippen LogP contribution in [0, 0.1) is 5.82 Å². The summed E-state index contributed by atoms with van der Waals surface area (Å²) in [5.41, 5.74) is 0.694. The van der Waals surface area contributed by atoms with Crippen LogP contribution in [0.4, 0.5) is 4.39 Å². The van der Waals surface area contributed by atoms with Crippen molar-refractivity contribution in [2.45, 2.75) is 6.04 Å². The zero-order valence-electron chi connectivity index (χ0n) is 16.2. The lowest BCUT2D eigenvalue weighted by atomic mass is 9.95. The van der Waals surface area contributed by atoms with E-state index in [1.165, 1.54) is 29.2 Å². The van der Waals surface area contributed by atoms with Gasteiger partial charge in [-0.15, -0.1) is 0 Å². The number of aliphatic hydroxyl groups excluding tert-OH is 2. The summed E-state index contributed by atoms with van der Waals surface area (Å²) >= 11 is 0. The van der Waals surface area contributed by atoms with Crippen LogP contribution in [0.15, 0.2) is 72.0 Å². The lowest BCUT2D eigenvalue weighted by Crippen LogP contribution is -2.34. The lowest BCUT2D eigenvalue weighted by molar-refractivity contribution is -0.130. The monoisotopic (exact) mass is 411 g/mol. The Hall–Kier alpha value is -3.29. The summed E-state index contributed by atoms with van der Waals surface area (Å²) in [6, 6.07) is 13.8. The van der Waals surface area contributed by atoms with Gasteiger partial charge in [0.15, 0.2) is 11.5 Å². The second kappa shape index (κ2) is 9.96. The number of ether oxygens (including phenoxy) is 1. The Morgan fingerprint density at radius 3 is 2.50 bits per heavy atom. The number of amides is 1. The Bertz CT molecular complexity index is 971. The van der Waals surface area contributed by atoms with Crippen molar-refractivity contribution < 1.29 is 28.9 Å². The molecule has 2 N–H and O–H groups in total. The molecule has 0 saturated heterocycles. The Morgan fingerprint density at radius 2 is 1.80 bits per heavy atom. The first kappa shape index (κ1) is 21.4. The predicted molar refractivity (Wildman–Crippen MR) is 109 cm³/mol. The van der Waals surface area contributed by atoms with Gasteiger partial charge in [-0.2, -0.15) is 0 Å². The largest absolute Gasteiger partial charge is 0.503 e. The van der Waals surface area contributed by atoms with Gasteiger partial charge in [-0.3, -0.25) is 9.59 Å². The van der Waals surface area contributed by atoms with E-state index in [0.717, 1.165) is 5.56 Å². The number of benzene rings is 2. The van der Waals surface area contributed by atoms with Gasteiger partial charge in [0, 0.05) is 12.1 Å². The third-order valence-electron chi connectivity index (χ3n) is 4.71. The van der Waals surface area contributed by atoms with Gasteiger partial charge in [0.2, 0.25) is 0 Å². The molecule has 0 aromatic heterocycles. The van der Waals surface area contributed by atoms with Crippen molar-refractivity contribution in [2.24, 2.45) is 0 Å². The molecule has 1 heterocycles. The lowest BCUT2D eigenvalue weighted by Gasteiger charge is -2.26. The number of carbonyl (C=O) groups is 2. The van der Waals surface area contributed by atoms with Gasteiger partial charge in [-0.05, 0) is 17.7 Å². The van der Waals surface area contributed by atoms with Gasteiger partial charge in [-0.1, -0.05) is 54.6 Å². The molecule has 1 aliphatic heterocycles. The number of carbonyl (C=O) groups excluding carboxylic acids is 2. The van der Waals surface area contributed by atoms with E-state index < -0.39 is 29.3 Å². The zero-order chi connectivity index (χ0) is 21.5. The van der Waals surface area contributed by atoms with Crippen LogP contribution in [0.25, 0.3) is 6.08 Å². The molecule has 2 aromatic carbocycles. The van der Waals surface area contributed by atoms with Crippen molar-refractivity contribution >= 4 is 17.8 Å². The van der Waals surface area contributed by atoms with Gasteiger partial charge in [-0.25, -0.2) is 4.39 Å². The van der Waals surface area contributed by atoms with Gasteiger partial charge in [0.1, 0.15) is 5.82 Å². The number of allylic oxidation sites excluding steroid dienone is 1. The third-order valence-corrected chi connectivity index (χ3v) is 4.71. The molecule has 156 valence electrons. The Balaban J connectivity index is 1.94. The maximum Gasteiger partial charge on any atom is 0.290 e. The predicted octanol–water partition coefficient (Wildman–Crippen LogP) is 2.81. The molecule has 30 heavy (non-hydrogen) atoms. The molecular weight excluding hydrogens is 389 g/mol. The topological polar surface area (TPSA) is 87.1 Å². The summed E-state index contributed by atoms with van der Waals surface area (Å²) in [4.78, 5) is 26.8. The van der Waals surface area contributed by atoms with Crippen molar-refractivity contribution in [2.75, 3.05) is 26.4 Å². The second-order valence-corrected chi connectivity index (χ2v) is 6.63. The minimum Gasteiger partial charge on any atom is -0.503 e. The van der Waals surface area contributed by atoms with Crippen LogP contribution in [0.5, 0.6) is 0 Å². The van der Waals surface area contributed by atoms with Crippen LogP contribution in [-0.2, 0) is 14.3 Å². The number of hydrogen-bond acceptors (Lipinski definition) is 5. The smallest absolute Gasteiger partial charge is 0.290 e. The molecule has 0 fully saturated rings. The number of rotatable bonds is 9. The molecule has 0 spiro atoms.